The lowest BCUT2D eigenvalue weighted by atomic mass is 10.0. The van der Waals surface area contributed by atoms with E-state index in [1.807, 2.05) is 6.07 Å². The molecule has 7 nitrogen and oxygen atoms in total. The van der Waals surface area contributed by atoms with Crippen LogP contribution in [0, 0.1) is 18.3 Å². The van der Waals surface area contributed by atoms with E-state index >= 15 is 0 Å². The summed E-state index contributed by atoms with van der Waals surface area (Å²) in [4.78, 5) is 29.8. The fraction of sp³-hybridized carbons (Fsp3) is 0.500. The lowest BCUT2D eigenvalue weighted by Gasteiger charge is -2.32. The molecule has 29 heavy (non-hydrogen) atoms. The van der Waals surface area contributed by atoms with Crippen LogP contribution in [0.3, 0.4) is 0 Å². The Morgan fingerprint density at radius 3 is 2.59 bits per heavy atom. The van der Waals surface area contributed by atoms with Crippen molar-refractivity contribution >= 4 is 46.1 Å². The molecular formula is C20H24N4O3S2. The highest BCUT2D eigenvalue weighted by Crippen LogP contribution is 2.36. The van der Waals surface area contributed by atoms with Gasteiger partial charge in [0.15, 0.2) is 0 Å². The van der Waals surface area contributed by atoms with Crippen molar-refractivity contribution in [2.24, 2.45) is 7.05 Å². The van der Waals surface area contributed by atoms with Gasteiger partial charge in [0.25, 0.3) is 11.5 Å². The van der Waals surface area contributed by atoms with Gasteiger partial charge < -0.3 is 9.64 Å². The minimum absolute atomic E-state index is 0.106. The molecule has 3 heterocycles. The van der Waals surface area contributed by atoms with Gasteiger partial charge in [0, 0.05) is 32.8 Å². The van der Waals surface area contributed by atoms with E-state index < -0.39 is 0 Å². The minimum atomic E-state index is -0.310. The highest BCUT2D eigenvalue weighted by Gasteiger charge is 2.33. The van der Waals surface area contributed by atoms with E-state index in [-0.39, 0.29) is 17.0 Å². The molecule has 9 heteroatoms. The quantitative estimate of drug-likeness (QED) is 0.522. The highest BCUT2D eigenvalue weighted by atomic mass is 32.2. The summed E-state index contributed by atoms with van der Waals surface area (Å²) in [6.07, 6.45) is 5.04. The van der Waals surface area contributed by atoms with Gasteiger partial charge in [0.1, 0.15) is 21.8 Å². The van der Waals surface area contributed by atoms with Crippen molar-refractivity contribution in [2.75, 3.05) is 38.3 Å². The second-order valence-corrected chi connectivity index (χ2v) is 8.76. The van der Waals surface area contributed by atoms with Crippen LogP contribution >= 0.6 is 24.0 Å². The Hall–Kier alpha value is -2.15. The Balaban J connectivity index is 2.13. The number of ether oxygens (including phenoxy) is 1. The maximum absolute atomic E-state index is 12.9. The molecule has 2 saturated heterocycles. The average Bonchev–Trinajstić information content (AvgIpc) is 2.98. The molecule has 0 aromatic carbocycles. The fourth-order valence-electron chi connectivity index (χ4n) is 3.71. The van der Waals surface area contributed by atoms with Crippen LogP contribution in [-0.4, -0.2) is 53.0 Å². The van der Waals surface area contributed by atoms with Crippen LogP contribution in [0.25, 0.3) is 6.08 Å². The van der Waals surface area contributed by atoms with Crippen molar-refractivity contribution in [1.29, 1.82) is 5.26 Å². The predicted molar refractivity (Wildman–Crippen MR) is 119 cm³/mol. The largest absolute Gasteiger partial charge is 0.383 e. The third-order valence-corrected chi connectivity index (χ3v) is 6.67. The van der Waals surface area contributed by atoms with Crippen molar-refractivity contribution in [3.05, 3.63) is 31.9 Å². The van der Waals surface area contributed by atoms with Gasteiger partial charge in [0.2, 0.25) is 0 Å². The third-order valence-electron chi connectivity index (χ3n) is 5.29. The molecule has 1 amide bonds. The first kappa shape index (κ1) is 21.6. The lowest BCUT2D eigenvalue weighted by Crippen LogP contribution is -2.36. The van der Waals surface area contributed by atoms with Crippen molar-refractivity contribution in [3.8, 4) is 6.07 Å². The van der Waals surface area contributed by atoms with Crippen LogP contribution < -0.4 is 10.5 Å². The number of thioether (sulfide) groups is 1. The molecule has 0 saturated carbocycles. The fourth-order valence-corrected chi connectivity index (χ4v) is 5.00. The molecule has 154 valence electrons. The monoisotopic (exact) mass is 432 g/mol. The number of thiocarbonyl (C=S) groups is 1. The summed E-state index contributed by atoms with van der Waals surface area (Å²) in [5, 5.41) is 9.53. The summed E-state index contributed by atoms with van der Waals surface area (Å²) in [5.41, 5.74) is 1.13. The topological polar surface area (TPSA) is 78.6 Å². The van der Waals surface area contributed by atoms with E-state index in [2.05, 4.69) is 4.90 Å². The Bertz CT molecular complexity index is 971. The molecule has 0 unspecified atom stereocenters. The molecule has 1 aromatic rings. The van der Waals surface area contributed by atoms with Crippen molar-refractivity contribution in [2.45, 2.75) is 26.2 Å². The van der Waals surface area contributed by atoms with E-state index in [0.29, 0.717) is 27.9 Å². The summed E-state index contributed by atoms with van der Waals surface area (Å²) in [6, 6.07) is 2.03. The molecule has 0 N–H and O–H groups in total. The second kappa shape index (κ2) is 9.11. The highest BCUT2D eigenvalue weighted by molar-refractivity contribution is 8.26. The Morgan fingerprint density at radius 2 is 1.97 bits per heavy atom. The number of nitriles is 1. The third kappa shape index (κ3) is 4.10. The van der Waals surface area contributed by atoms with E-state index in [1.54, 1.807) is 27.2 Å². The van der Waals surface area contributed by atoms with Gasteiger partial charge in [-0.25, -0.2) is 0 Å². The number of rotatable bonds is 5. The normalized spacial score (nSPS) is 18.6. The summed E-state index contributed by atoms with van der Waals surface area (Å²) in [7, 11) is 3.27. The number of methoxy groups -OCH3 is 1. The Morgan fingerprint density at radius 1 is 1.28 bits per heavy atom. The molecule has 1 aromatic heterocycles. The zero-order valence-electron chi connectivity index (χ0n) is 16.9. The van der Waals surface area contributed by atoms with Gasteiger partial charge in [-0.15, -0.1) is 0 Å². The zero-order valence-corrected chi connectivity index (χ0v) is 18.5. The summed E-state index contributed by atoms with van der Waals surface area (Å²) in [5.74, 6) is 0.585. The van der Waals surface area contributed by atoms with Gasteiger partial charge in [-0.1, -0.05) is 24.0 Å². The molecule has 2 fully saturated rings. The maximum atomic E-state index is 12.9. The Kier molecular flexibility index (Phi) is 6.77. The number of nitrogens with zero attached hydrogens (tertiary/aromatic N) is 4. The number of pyridine rings is 1. The molecule has 0 atom stereocenters. The second-order valence-electron chi connectivity index (χ2n) is 7.09. The van der Waals surface area contributed by atoms with Crippen molar-refractivity contribution < 1.29 is 9.53 Å². The number of carbonyl (C=O) groups excluding carboxylic acids is 1. The van der Waals surface area contributed by atoms with Gasteiger partial charge in [-0.2, -0.15) is 5.26 Å². The Labute approximate surface area is 179 Å². The van der Waals surface area contributed by atoms with Crippen LogP contribution in [0.15, 0.2) is 9.70 Å². The first-order valence-corrected chi connectivity index (χ1v) is 10.8. The first-order valence-electron chi connectivity index (χ1n) is 9.53. The summed E-state index contributed by atoms with van der Waals surface area (Å²) >= 11 is 6.60. The number of aromatic nitrogens is 1. The van der Waals surface area contributed by atoms with Crippen LogP contribution in [0.2, 0.25) is 0 Å². The molecule has 0 aliphatic carbocycles. The average molecular weight is 433 g/mol. The SMILES string of the molecule is COCCN1C(=O)/C(=C/c2c(C)c(C#N)c(=O)n(C)c2N2CCCCC2)SC1=S. The van der Waals surface area contributed by atoms with Crippen LogP contribution in [-0.2, 0) is 16.6 Å². The minimum Gasteiger partial charge on any atom is -0.383 e. The van der Waals surface area contributed by atoms with E-state index in [0.717, 1.165) is 43.7 Å². The lowest BCUT2D eigenvalue weighted by molar-refractivity contribution is -0.122. The maximum Gasteiger partial charge on any atom is 0.270 e. The van der Waals surface area contributed by atoms with E-state index in [4.69, 9.17) is 17.0 Å². The number of anilines is 1. The summed E-state index contributed by atoms with van der Waals surface area (Å²) in [6.45, 7) is 4.25. The summed E-state index contributed by atoms with van der Waals surface area (Å²) < 4.78 is 7.09. The number of piperidine rings is 1. The smallest absolute Gasteiger partial charge is 0.270 e. The molecule has 3 rings (SSSR count). The van der Waals surface area contributed by atoms with Crippen molar-refractivity contribution in [1.82, 2.24) is 9.47 Å². The first-order chi connectivity index (χ1) is 13.9. The molecule has 2 aliphatic heterocycles. The van der Waals surface area contributed by atoms with E-state index in [1.165, 1.54) is 21.2 Å². The number of hydrogen-bond donors (Lipinski definition) is 0. The number of amides is 1. The molecule has 0 bridgehead atoms. The standard InChI is InChI=1S/C20H24N4O3S2/c1-13-14(11-16-19(26)24(9-10-27-3)20(28)29-16)17(23-7-5-4-6-8-23)22(2)18(25)15(13)12-21/h11H,4-10H2,1-3H3/b16-11-. The van der Waals surface area contributed by atoms with E-state index in [9.17, 15) is 14.9 Å². The van der Waals surface area contributed by atoms with Gasteiger partial charge in [-0.05, 0) is 37.8 Å². The zero-order chi connectivity index (χ0) is 21.1. The molecule has 2 aliphatic rings. The van der Waals surface area contributed by atoms with Crippen LogP contribution in [0.1, 0.15) is 36.0 Å². The number of hydrogen-bond acceptors (Lipinski definition) is 7. The van der Waals surface area contributed by atoms with Crippen LogP contribution in [0.5, 0.6) is 0 Å². The van der Waals surface area contributed by atoms with Gasteiger partial charge in [-0.3, -0.25) is 19.1 Å². The number of carbonyl (C=O) groups is 1. The molecule has 0 radical (unpaired) electrons. The molecular weight excluding hydrogens is 408 g/mol. The predicted octanol–water partition coefficient (Wildman–Crippen LogP) is 2.40. The van der Waals surface area contributed by atoms with Crippen LogP contribution in [0.4, 0.5) is 5.82 Å². The van der Waals surface area contributed by atoms with Crippen molar-refractivity contribution in [3.63, 3.8) is 0 Å². The molecule has 0 spiro atoms. The van der Waals surface area contributed by atoms with Gasteiger partial charge in [0.05, 0.1) is 18.1 Å². The van der Waals surface area contributed by atoms with Gasteiger partial charge >= 0.3 is 0 Å².